The van der Waals surface area contributed by atoms with Crippen molar-refractivity contribution in [1.29, 1.82) is 0 Å². The van der Waals surface area contributed by atoms with Crippen LogP contribution in [0.1, 0.15) is 39.0 Å². The van der Waals surface area contributed by atoms with E-state index in [1.54, 1.807) is 0 Å². The van der Waals surface area contributed by atoms with E-state index in [0.717, 1.165) is 6.42 Å². The fraction of sp³-hybridized carbons (Fsp3) is 0.917. The van der Waals surface area contributed by atoms with Crippen LogP contribution in [-0.4, -0.2) is 18.5 Å². The number of nitrogens with two attached hydrogens (primary N) is 1. The van der Waals surface area contributed by atoms with Gasteiger partial charge in [0, 0.05) is 12.0 Å². The lowest BCUT2D eigenvalue weighted by Crippen LogP contribution is -2.35. The smallest absolute Gasteiger partial charge is 0.223 e. The van der Waals surface area contributed by atoms with Gasteiger partial charge in [-0.3, -0.25) is 4.79 Å². The fourth-order valence-corrected chi connectivity index (χ4v) is 3.04. The minimum absolute atomic E-state index is 0.241. The van der Waals surface area contributed by atoms with E-state index < -0.39 is 0 Å². The van der Waals surface area contributed by atoms with Gasteiger partial charge in [0.05, 0.1) is 0 Å². The van der Waals surface area contributed by atoms with Crippen molar-refractivity contribution in [2.24, 2.45) is 23.5 Å². The van der Waals surface area contributed by atoms with E-state index in [1.807, 2.05) is 6.92 Å². The Morgan fingerprint density at radius 1 is 1.40 bits per heavy atom. The van der Waals surface area contributed by atoms with Gasteiger partial charge in [-0.05, 0) is 44.6 Å². The van der Waals surface area contributed by atoms with Crippen LogP contribution in [0.3, 0.4) is 0 Å². The molecule has 0 heterocycles. The molecule has 2 aliphatic carbocycles. The third-order valence-corrected chi connectivity index (χ3v) is 3.95. The Bertz CT molecular complexity index is 230. The molecular weight excluding hydrogens is 188 g/mol. The van der Waals surface area contributed by atoms with E-state index in [9.17, 15) is 4.79 Å². The van der Waals surface area contributed by atoms with Gasteiger partial charge in [0.25, 0.3) is 0 Å². The summed E-state index contributed by atoms with van der Waals surface area (Å²) in [5, 5.41) is 3.08. The molecule has 3 unspecified atom stereocenters. The molecule has 0 spiro atoms. The van der Waals surface area contributed by atoms with Crippen LogP contribution in [0, 0.1) is 17.8 Å². The fourth-order valence-electron chi connectivity index (χ4n) is 3.04. The number of nitrogens with one attached hydrogen (secondary N) is 1. The Morgan fingerprint density at radius 2 is 2.00 bits per heavy atom. The van der Waals surface area contributed by atoms with E-state index in [0.29, 0.717) is 24.3 Å². The third kappa shape index (κ3) is 2.33. The second-order valence-corrected chi connectivity index (χ2v) is 5.12. The lowest BCUT2D eigenvalue weighted by Gasteiger charge is -2.12. The first-order valence-electron chi connectivity index (χ1n) is 6.24. The van der Waals surface area contributed by atoms with Crippen molar-refractivity contribution in [1.82, 2.24) is 5.32 Å². The zero-order valence-electron chi connectivity index (χ0n) is 9.54. The number of amides is 1. The molecule has 0 aliphatic heterocycles. The molecule has 3 nitrogen and oxygen atoms in total. The molecule has 1 amide bonds. The number of fused-ring (bicyclic) bond motifs is 1. The van der Waals surface area contributed by atoms with Crippen LogP contribution in [0.15, 0.2) is 0 Å². The largest absolute Gasteiger partial charge is 0.353 e. The Kier molecular flexibility index (Phi) is 3.29. The number of hydrogen-bond acceptors (Lipinski definition) is 2. The molecule has 0 aromatic heterocycles. The van der Waals surface area contributed by atoms with Crippen molar-refractivity contribution in [3.05, 3.63) is 0 Å². The molecule has 3 heteroatoms. The highest BCUT2D eigenvalue weighted by Gasteiger charge is 2.54. The maximum atomic E-state index is 11.9. The second-order valence-electron chi connectivity index (χ2n) is 5.12. The van der Waals surface area contributed by atoms with Crippen LogP contribution in [0.5, 0.6) is 0 Å². The van der Waals surface area contributed by atoms with Gasteiger partial charge < -0.3 is 11.1 Å². The zero-order valence-corrected chi connectivity index (χ0v) is 9.54. The Balaban J connectivity index is 1.77. The summed E-state index contributed by atoms with van der Waals surface area (Å²) >= 11 is 0. The van der Waals surface area contributed by atoms with Crippen LogP contribution in [0.2, 0.25) is 0 Å². The Morgan fingerprint density at radius 3 is 2.53 bits per heavy atom. The van der Waals surface area contributed by atoms with Crippen molar-refractivity contribution in [2.45, 2.75) is 45.1 Å². The van der Waals surface area contributed by atoms with E-state index >= 15 is 0 Å². The molecule has 2 aliphatic rings. The SMILES string of the molecule is CC(CCN)NC(=O)C1C2CCCCC21. The van der Waals surface area contributed by atoms with Gasteiger partial charge in [0.2, 0.25) is 5.91 Å². The molecule has 2 saturated carbocycles. The van der Waals surface area contributed by atoms with Gasteiger partial charge >= 0.3 is 0 Å². The highest BCUT2D eigenvalue weighted by molar-refractivity contribution is 5.82. The maximum Gasteiger partial charge on any atom is 0.223 e. The topological polar surface area (TPSA) is 55.1 Å². The molecule has 0 aromatic rings. The van der Waals surface area contributed by atoms with E-state index in [1.165, 1.54) is 25.7 Å². The predicted molar refractivity (Wildman–Crippen MR) is 60.2 cm³/mol. The summed E-state index contributed by atoms with van der Waals surface area (Å²) in [5.74, 6) is 2.05. The summed E-state index contributed by atoms with van der Waals surface area (Å²) in [5.41, 5.74) is 5.46. The van der Waals surface area contributed by atoms with Gasteiger partial charge in [0.1, 0.15) is 0 Å². The van der Waals surface area contributed by atoms with E-state index in [-0.39, 0.29) is 11.9 Å². The van der Waals surface area contributed by atoms with Crippen LogP contribution in [0.4, 0.5) is 0 Å². The van der Waals surface area contributed by atoms with Crippen molar-refractivity contribution in [2.75, 3.05) is 6.54 Å². The summed E-state index contributed by atoms with van der Waals surface area (Å²) in [6.07, 6.45) is 6.07. The van der Waals surface area contributed by atoms with Crippen LogP contribution < -0.4 is 11.1 Å². The first kappa shape index (κ1) is 10.9. The molecule has 15 heavy (non-hydrogen) atoms. The minimum atomic E-state index is 0.241. The maximum absolute atomic E-state index is 11.9. The second kappa shape index (κ2) is 4.52. The number of rotatable bonds is 4. The summed E-state index contributed by atoms with van der Waals surface area (Å²) in [6.45, 7) is 2.69. The lowest BCUT2D eigenvalue weighted by molar-refractivity contribution is -0.123. The van der Waals surface area contributed by atoms with Crippen molar-refractivity contribution in [3.63, 3.8) is 0 Å². The highest BCUT2D eigenvalue weighted by Crippen LogP contribution is 2.55. The highest BCUT2D eigenvalue weighted by atomic mass is 16.2. The summed E-state index contributed by atoms with van der Waals surface area (Å²) in [7, 11) is 0. The average Bonchev–Trinajstić information content (AvgIpc) is 2.91. The number of carbonyl (C=O) groups is 1. The molecular formula is C12H22N2O. The molecule has 86 valence electrons. The molecule has 2 fully saturated rings. The summed E-state index contributed by atoms with van der Waals surface area (Å²) in [6, 6.07) is 0.241. The first-order chi connectivity index (χ1) is 7.24. The predicted octanol–water partition coefficient (Wildman–Crippen LogP) is 1.28. The van der Waals surface area contributed by atoms with Gasteiger partial charge in [-0.1, -0.05) is 12.8 Å². The quantitative estimate of drug-likeness (QED) is 0.734. The first-order valence-corrected chi connectivity index (χ1v) is 6.24. The molecule has 0 saturated heterocycles. The number of carbonyl (C=O) groups excluding carboxylic acids is 1. The van der Waals surface area contributed by atoms with Crippen LogP contribution >= 0.6 is 0 Å². The average molecular weight is 210 g/mol. The van der Waals surface area contributed by atoms with Gasteiger partial charge in [-0.15, -0.1) is 0 Å². The van der Waals surface area contributed by atoms with Crippen LogP contribution in [0.25, 0.3) is 0 Å². The van der Waals surface area contributed by atoms with Gasteiger partial charge in [-0.25, -0.2) is 0 Å². The lowest BCUT2D eigenvalue weighted by atomic mass is 10.0. The molecule has 3 N–H and O–H groups in total. The third-order valence-electron chi connectivity index (χ3n) is 3.95. The van der Waals surface area contributed by atoms with Crippen molar-refractivity contribution >= 4 is 5.91 Å². The monoisotopic (exact) mass is 210 g/mol. The van der Waals surface area contributed by atoms with Gasteiger partial charge in [-0.2, -0.15) is 0 Å². The molecule has 0 bridgehead atoms. The molecule has 2 rings (SSSR count). The zero-order chi connectivity index (χ0) is 10.8. The Labute approximate surface area is 91.8 Å². The van der Waals surface area contributed by atoms with E-state index in [2.05, 4.69) is 5.32 Å². The standard InChI is InChI=1S/C12H22N2O/c1-8(6-7-13)14-12(15)11-9-4-2-3-5-10(9)11/h8-11H,2-7,13H2,1H3,(H,14,15). The summed E-state index contributed by atoms with van der Waals surface area (Å²) in [4.78, 5) is 11.9. The summed E-state index contributed by atoms with van der Waals surface area (Å²) < 4.78 is 0. The number of hydrogen-bond donors (Lipinski definition) is 2. The molecule has 0 aromatic carbocycles. The van der Waals surface area contributed by atoms with E-state index in [4.69, 9.17) is 5.73 Å². The molecule has 3 atom stereocenters. The van der Waals surface area contributed by atoms with Crippen molar-refractivity contribution in [3.8, 4) is 0 Å². The minimum Gasteiger partial charge on any atom is -0.353 e. The van der Waals surface area contributed by atoms with Gasteiger partial charge in [0.15, 0.2) is 0 Å². The Hall–Kier alpha value is -0.570. The normalized spacial score (nSPS) is 35.5. The molecule has 0 radical (unpaired) electrons. The van der Waals surface area contributed by atoms with Crippen LogP contribution in [-0.2, 0) is 4.79 Å². The van der Waals surface area contributed by atoms with Crippen molar-refractivity contribution < 1.29 is 4.79 Å².